The summed E-state index contributed by atoms with van der Waals surface area (Å²) in [5.74, 6) is 1.52. The van der Waals surface area contributed by atoms with E-state index >= 15 is 0 Å². The Morgan fingerprint density at radius 2 is 1.82 bits per heavy atom. The summed E-state index contributed by atoms with van der Waals surface area (Å²) in [7, 11) is 3.15. The fourth-order valence-corrected chi connectivity index (χ4v) is 4.04. The molecular formula is C21H19N3O3S. The average Bonchev–Trinajstić information content (AvgIpc) is 3.32. The van der Waals surface area contributed by atoms with Gasteiger partial charge < -0.3 is 19.5 Å². The van der Waals surface area contributed by atoms with Crippen molar-refractivity contribution in [2.24, 2.45) is 0 Å². The van der Waals surface area contributed by atoms with Crippen LogP contribution in [0, 0.1) is 5.41 Å². The minimum atomic E-state index is 0.133. The van der Waals surface area contributed by atoms with Gasteiger partial charge in [-0.15, -0.1) is 11.3 Å². The van der Waals surface area contributed by atoms with Crippen LogP contribution in [0.2, 0.25) is 0 Å². The SMILES string of the molecule is COc1ccc(N2CC(O)=C(c3nc(-c4ccccc4)cs3)C2=N)cc1OC. The summed E-state index contributed by atoms with van der Waals surface area (Å²) in [5, 5.41) is 21.7. The molecule has 0 spiro atoms. The second kappa shape index (κ2) is 7.36. The van der Waals surface area contributed by atoms with Gasteiger partial charge in [0.25, 0.3) is 0 Å². The number of aliphatic hydroxyl groups excluding tert-OH is 1. The lowest BCUT2D eigenvalue weighted by molar-refractivity contribution is 0.355. The van der Waals surface area contributed by atoms with Gasteiger partial charge >= 0.3 is 0 Å². The number of ether oxygens (including phenoxy) is 2. The molecule has 1 aliphatic rings. The number of benzene rings is 2. The molecule has 2 N–H and O–H groups in total. The van der Waals surface area contributed by atoms with Crippen LogP contribution in [-0.2, 0) is 0 Å². The first kappa shape index (κ1) is 18.1. The van der Waals surface area contributed by atoms with E-state index in [1.165, 1.54) is 11.3 Å². The summed E-state index contributed by atoms with van der Waals surface area (Å²) >= 11 is 1.42. The molecule has 2 heterocycles. The Kier molecular flexibility index (Phi) is 4.75. The molecule has 0 saturated heterocycles. The zero-order chi connectivity index (χ0) is 19.7. The van der Waals surface area contributed by atoms with Crippen LogP contribution < -0.4 is 14.4 Å². The average molecular weight is 393 g/mol. The summed E-state index contributed by atoms with van der Waals surface area (Å²) in [6, 6.07) is 15.3. The molecule has 4 rings (SSSR count). The lowest BCUT2D eigenvalue weighted by Crippen LogP contribution is -2.26. The van der Waals surface area contributed by atoms with Crippen LogP contribution in [0.3, 0.4) is 0 Å². The second-order valence-electron chi connectivity index (χ2n) is 6.20. The maximum absolute atomic E-state index is 10.6. The normalized spacial score (nSPS) is 13.9. The number of nitrogens with one attached hydrogen (secondary N) is 1. The number of rotatable bonds is 5. The van der Waals surface area contributed by atoms with Crippen molar-refractivity contribution >= 4 is 28.4 Å². The predicted octanol–water partition coefficient (Wildman–Crippen LogP) is 4.59. The van der Waals surface area contributed by atoms with Gasteiger partial charge in [-0.25, -0.2) is 4.98 Å². The molecule has 0 saturated carbocycles. The first-order valence-corrected chi connectivity index (χ1v) is 9.52. The predicted molar refractivity (Wildman–Crippen MR) is 112 cm³/mol. The van der Waals surface area contributed by atoms with Crippen LogP contribution in [0.15, 0.2) is 59.7 Å². The van der Waals surface area contributed by atoms with Gasteiger partial charge in [-0.2, -0.15) is 0 Å². The number of methoxy groups -OCH3 is 2. The van der Waals surface area contributed by atoms with E-state index in [4.69, 9.17) is 14.9 Å². The van der Waals surface area contributed by atoms with Crippen LogP contribution in [0.5, 0.6) is 11.5 Å². The molecule has 1 aromatic heterocycles. The van der Waals surface area contributed by atoms with Gasteiger partial charge in [-0.3, -0.25) is 5.41 Å². The molecule has 0 radical (unpaired) electrons. The Morgan fingerprint density at radius 1 is 1.07 bits per heavy atom. The third-order valence-corrected chi connectivity index (χ3v) is 5.43. The Morgan fingerprint density at radius 3 is 2.54 bits per heavy atom. The minimum Gasteiger partial charge on any atom is -0.510 e. The van der Waals surface area contributed by atoms with Gasteiger partial charge in [0.05, 0.1) is 32.0 Å². The lowest BCUT2D eigenvalue weighted by atomic mass is 10.2. The van der Waals surface area contributed by atoms with Crippen LogP contribution in [0.25, 0.3) is 16.8 Å². The fraction of sp³-hybridized carbons (Fsp3) is 0.143. The highest BCUT2D eigenvalue weighted by Crippen LogP contribution is 2.37. The smallest absolute Gasteiger partial charge is 0.162 e. The molecule has 7 heteroatoms. The van der Waals surface area contributed by atoms with E-state index < -0.39 is 0 Å². The Hall–Kier alpha value is -3.32. The van der Waals surface area contributed by atoms with Crippen LogP contribution >= 0.6 is 11.3 Å². The summed E-state index contributed by atoms with van der Waals surface area (Å²) in [4.78, 5) is 6.36. The van der Waals surface area contributed by atoms with Crippen molar-refractivity contribution in [2.75, 3.05) is 25.7 Å². The molecule has 0 bridgehead atoms. The number of aliphatic hydroxyl groups is 1. The van der Waals surface area contributed by atoms with E-state index in [-0.39, 0.29) is 18.1 Å². The molecule has 142 valence electrons. The van der Waals surface area contributed by atoms with Crippen molar-refractivity contribution in [3.05, 3.63) is 64.7 Å². The number of aromatic nitrogens is 1. The van der Waals surface area contributed by atoms with Crippen molar-refractivity contribution in [2.45, 2.75) is 0 Å². The molecule has 28 heavy (non-hydrogen) atoms. The van der Waals surface area contributed by atoms with E-state index in [0.29, 0.717) is 22.1 Å². The van der Waals surface area contributed by atoms with Crippen LogP contribution in [0.1, 0.15) is 5.01 Å². The van der Waals surface area contributed by atoms with E-state index in [2.05, 4.69) is 4.98 Å². The number of amidine groups is 1. The van der Waals surface area contributed by atoms with Crippen LogP contribution in [-0.4, -0.2) is 36.7 Å². The lowest BCUT2D eigenvalue weighted by Gasteiger charge is -2.20. The molecule has 0 fully saturated rings. The maximum atomic E-state index is 10.6. The van der Waals surface area contributed by atoms with E-state index in [9.17, 15) is 5.11 Å². The van der Waals surface area contributed by atoms with Crippen molar-refractivity contribution in [1.82, 2.24) is 4.98 Å². The summed E-state index contributed by atoms with van der Waals surface area (Å²) < 4.78 is 10.6. The minimum absolute atomic E-state index is 0.133. The molecule has 1 aliphatic heterocycles. The number of nitrogens with zero attached hydrogens (tertiary/aromatic N) is 2. The monoisotopic (exact) mass is 393 g/mol. The second-order valence-corrected chi connectivity index (χ2v) is 7.06. The van der Waals surface area contributed by atoms with E-state index in [0.717, 1.165) is 16.9 Å². The van der Waals surface area contributed by atoms with Crippen molar-refractivity contribution < 1.29 is 14.6 Å². The van der Waals surface area contributed by atoms with Crippen molar-refractivity contribution in [3.8, 4) is 22.8 Å². The fourth-order valence-electron chi connectivity index (χ4n) is 3.15. The largest absolute Gasteiger partial charge is 0.510 e. The third-order valence-electron chi connectivity index (χ3n) is 4.57. The molecule has 0 unspecified atom stereocenters. The third kappa shape index (κ3) is 3.10. The standard InChI is InChI=1S/C21H19N3O3S/c1-26-17-9-8-14(10-18(17)27-2)24-11-16(25)19(20(24)22)21-23-15(12-28-21)13-6-4-3-5-7-13/h3-10,12,22,25H,11H2,1-2H3. The Balaban J connectivity index is 1.64. The summed E-state index contributed by atoms with van der Waals surface area (Å²) in [6.07, 6.45) is 0. The topological polar surface area (TPSA) is 78.7 Å². The molecule has 0 amide bonds. The molecule has 6 nitrogen and oxygen atoms in total. The Labute approximate surface area is 166 Å². The first-order chi connectivity index (χ1) is 13.6. The van der Waals surface area contributed by atoms with Crippen LogP contribution in [0.4, 0.5) is 5.69 Å². The molecular weight excluding hydrogens is 374 g/mol. The van der Waals surface area contributed by atoms with Gasteiger partial charge in [0.1, 0.15) is 16.6 Å². The highest BCUT2D eigenvalue weighted by atomic mass is 32.1. The van der Waals surface area contributed by atoms with Gasteiger partial charge in [-0.1, -0.05) is 30.3 Å². The molecule has 2 aromatic carbocycles. The Bertz CT molecular complexity index is 1060. The van der Waals surface area contributed by atoms with Gasteiger partial charge in [0.2, 0.25) is 0 Å². The zero-order valence-electron chi connectivity index (χ0n) is 15.5. The zero-order valence-corrected chi connectivity index (χ0v) is 16.3. The highest BCUT2D eigenvalue weighted by molar-refractivity contribution is 7.11. The van der Waals surface area contributed by atoms with Crippen molar-refractivity contribution in [3.63, 3.8) is 0 Å². The van der Waals surface area contributed by atoms with E-state index in [1.807, 2.05) is 41.8 Å². The van der Waals surface area contributed by atoms with Gasteiger partial charge in [0.15, 0.2) is 11.5 Å². The van der Waals surface area contributed by atoms with Crippen molar-refractivity contribution in [1.29, 1.82) is 5.41 Å². The number of thiazole rings is 1. The molecule has 0 atom stereocenters. The maximum Gasteiger partial charge on any atom is 0.162 e. The number of anilines is 1. The highest BCUT2D eigenvalue weighted by Gasteiger charge is 2.31. The number of hydrogen-bond acceptors (Lipinski definition) is 6. The first-order valence-electron chi connectivity index (χ1n) is 8.64. The summed E-state index contributed by atoms with van der Waals surface area (Å²) in [6.45, 7) is 0.212. The molecule has 0 aliphatic carbocycles. The summed E-state index contributed by atoms with van der Waals surface area (Å²) in [5.41, 5.74) is 3.04. The quantitative estimate of drug-likeness (QED) is 0.663. The number of hydrogen-bond donors (Lipinski definition) is 2. The molecule has 3 aromatic rings. The van der Waals surface area contributed by atoms with Gasteiger partial charge in [0, 0.05) is 22.7 Å². The van der Waals surface area contributed by atoms with Gasteiger partial charge in [-0.05, 0) is 12.1 Å². The van der Waals surface area contributed by atoms with E-state index in [1.54, 1.807) is 31.3 Å².